The van der Waals surface area contributed by atoms with Gasteiger partial charge in [0.1, 0.15) is 17.3 Å². The molecule has 0 aliphatic carbocycles. The molecule has 7 heteroatoms. The fraction of sp³-hybridized carbons (Fsp3) is 0.524. The van der Waals surface area contributed by atoms with E-state index in [1.165, 1.54) is 0 Å². The van der Waals surface area contributed by atoms with E-state index in [9.17, 15) is 9.90 Å². The highest BCUT2D eigenvalue weighted by molar-refractivity contribution is 5.96. The lowest BCUT2D eigenvalue weighted by Crippen LogP contribution is -2.40. The molecule has 1 unspecified atom stereocenters. The molecule has 2 aliphatic heterocycles. The van der Waals surface area contributed by atoms with E-state index in [0.29, 0.717) is 18.1 Å². The Hall–Kier alpha value is -2.54. The number of carbonyl (C=O) groups is 1. The molecular formula is C21H27N5O2. The molecule has 2 aromatic heterocycles. The first-order valence-corrected chi connectivity index (χ1v) is 10.1. The maximum absolute atomic E-state index is 12.3. The summed E-state index contributed by atoms with van der Waals surface area (Å²) in [6.07, 6.45) is 3.66. The van der Waals surface area contributed by atoms with Crippen molar-refractivity contribution in [2.75, 3.05) is 24.5 Å². The molecule has 2 aliphatic rings. The second-order valence-corrected chi connectivity index (χ2v) is 7.92. The maximum Gasteiger partial charge on any atom is 0.270 e. The van der Waals surface area contributed by atoms with Crippen molar-refractivity contribution >= 4 is 11.7 Å². The van der Waals surface area contributed by atoms with Crippen molar-refractivity contribution in [3.8, 4) is 0 Å². The topological polar surface area (TPSA) is 91.2 Å². The Balaban J connectivity index is 1.55. The molecule has 2 aromatic rings. The van der Waals surface area contributed by atoms with E-state index < -0.39 is 6.10 Å². The highest BCUT2D eigenvalue weighted by Gasteiger charge is 2.31. The number of fused-ring (bicyclic) bond motifs is 1. The van der Waals surface area contributed by atoms with E-state index in [1.807, 2.05) is 32.0 Å². The lowest BCUT2D eigenvalue weighted by molar-refractivity contribution is 0.0890. The normalized spacial score (nSPS) is 18.7. The molecule has 1 amide bonds. The molecule has 0 aromatic carbocycles. The van der Waals surface area contributed by atoms with Gasteiger partial charge >= 0.3 is 0 Å². The average Bonchev–Trinajstić information content (AvgIpc) is 2.73. The lowest BCUT2D eigenvalue weighted by atomic mass is 9.89. The summed E-state index contributed by atoms with van der Waals surface area (Å²) in [5.74, 6) is 1.84. The largest absolute Gasteiger partial charge is 0.387 e. The van der Waals surface area contributed by atoms with Crippen LogP contribution in [0.25, 0.3) is 0 Å². The van der Waals surface area contributed by atoms with Crippen molar-refractivity contribution < 1.29 is 9.90 Å². The van der Waals surface area contributed by atoms with Crippen molar-refractivity contribution in [2.24, 2.45) is 5.92 Å². The predicted molar refractivity (Wildman–Crippen MR) is 106 cm³/mol. The van der Waals surface area contributed by atoms with E-state index in [2.05, 4.69) is 20.2 Å². The van der Waals surface area contributed by atoms with Crippen LogP contribution >= 0.6 is 0 Å². The van der Waals surface area contributed by atoms with Gasteiger partial charge < -0.3 is 15.3 Å². The number of nitrogens with zero attached hydrogens (tertiary/aromatic N) is 4. The Morgan fingerprint density at radius 2 is 2.00 bits per heavy atom. The summed E-state index contributed by atoms with van der Waals surface area (Å²) in [6, 6.07) is 5.65. The van der Waals surface area contributed by atoms with Crippen molar-refractivity contribution in [1.29, 1.82) is 0 Å². The Labute approximate surface area is 165 Å². The summed E-state index contributed by atoms with van der Waals surface area (Å²) in [5, 5.41) is 13.6. The summed E-state index contributed by atoms with van der Waals surface area (Å²) < 4.78 is 0. The second kappa shape index (κ2) is 7.83. The van der Waals surface area contributed by atoms with Crippen LogP contribution in [0.3, 0.4) is 0 Å². The number of hydrogen-bond acceptors (Lipinski definition) is 6. The first-order chi connectivity index (χ1) is 13.5. The molecule has 1 fully saturated rings. The van der Waals surface area contributed by atoms with Gasteiger partial charge in [-0.2, -0.15) is 0 Å². The second-order valence-electron chi connectivity index (χ2n) is 7.92. The van der Waals surface area contributed by atoms with Gasteiger partial charge in [0.15, 0.2) is 0 Å². The highest BCUT2D eigenvalue weighted by atomic mass is 16.3. The van der Waals surface area contributed by atoms with Gasteiger partial charge in [0.2, 0.25) is 0 Å². The van der Waals surface area contributed by atoms with Gasteiger partial charge in [-0.25, -0.2) is 9.97 Å². The van der Waals surface area contributed by atoms with Crippen LogP contribution in [-0.2, 0) is 6.42 Å². The summed E-state index contributed by atoms with van der Waals surface area (Å²) in [5.41, 5.74) is 2.21. The highest BCUT2D eigenvalue weighted by Crippen LogP contribution is 2.33. The van der Waals surface area contributed by atoms with Crippen molar-refractivity contribution in [2.45, 2.75) is 45.1 Å². The summed E-state index contributed by atoms with van der Waals surface area (Å²) in [4.78, 5) is 28.3. The van der Waals surface area contributed by atoms with Crippen LogP contribution in [0.5, 0.6) is 0 Å². The predicted octanol–water partition coefficient (Wildman–Crippen LogP) is 2.23. The SMILES string of the molecule is CC(C)c1nc2c(c(N3CCC(C(O)c4ccccn4)CC3)n1)CCNC2=O. The summed E-state index contributed by atoms with van der Waals surface area (Å²) >= 11 is 0. The fourth-order valence-corrected chi connectivity index (χ4v) is 4.03. The third-order valence-corrected chi connectivity index (χ3v) is 5.67. The van der Waals surface area contributed by atoms with Gasteiger partial charge in [0, 0.05) is 37.3 Å². The molecule has 1 saturated heterocycles. The molecule has 0 bridgehead atoms. The quantitative estimate of drug-likeness (QED) is 0.844. The first-order valence-electron chi connectivity index (χ1n) is 10.1. The van der Waals surface area contributed by atoms with E-state index in [1.54, 1.807) is 6.20 Å². The van der Waals surface area contributed by atoms with Crippen LogP contribution in [0.2, 0.25) is 0 Å². The number of rotatable bonds is 4. The number of piperidine rings is 1. The summed E-state index contributed by atoms with van der Waals surface area (Å²) in [6.45, 7) is 6.32. The molecule has 4 heterocycles. The Kier molecular flexibility index (Phi) is 5.26. The molecule has 28 heavy (non-hydrogen) atoms. The number of pyridine rings is 1. The van der Waals surface area contributed by atoms with Crippen LogP contribution in [0.15, 0.2) is 24.4 Å². The molecule has 0 radical (unpaired) electrons. The van der Waals surface area contributed by atoms with Crippen LogP contribution in [-0.4, -0.2) is 45.6 Å². The lowest BCUT2D eigenvalue weighted by Gasteiger charge is -2.36. The Bertz CT molecular complexity index is 847. The minimum Gasteiger partial charge on any atom is -0.387 e. The van der Waals surface area contributed by atoms with Gasteiger partial charge in [0.05, 0.1) is 11.8 Å². The first kappa shape index (κ1) is 18.8. The number of aromatic nitrogens is 3. The number of nitrogens with one attached hydrogen (secondary N) is 1. The van der Waals surface area contributed by atoms with Crippen molar-refractivity contribution in [3.63, 3.8) is 0 Å². The number of hydrogen-bond donors (Lipinski definition) is 2. The van der Waals surface area contributed by atoms with E-state index >= 15 is 0 Å². The molecular weight excluding hydrogens is 354 g/mol. The van der Waals surface area contributed by atoms with Gasteiger partial charge in [-0.3, -0.25) is 9.78 Å². The van der Waals surface area contributed by atoms with Gasteiger partial charge in [-0.1, -0.05) is 19.9 Å². The minimum atomic E-state index is -0.542. The average molecular weight is 381 g/mol. The van der Waals surface area contributed by atoms with Crippen molar-refractivity contribution in [1.82, 2.24) is 20.3 Å². The summed E-state index contributed by atoms with van der Waals surface area (Å²) in [7, 11) is 0. The van der Waals surface area contributed by atoms with Gasteiger partial charge in [0.25, 0.3) is 5.91 Å². The molecule has 0 saturated carbocycles. The van der Waals surface area contributed by atoms with E-state index in [-0.39, 0.29) is 17.7 Å². The third kappa shape index (κ3) is 3.58. The standard InChI is InChI=1S/C21H27N5O2/c1-13(2)19-24-17-15(6-10-23-21(17)28)20(25-19)26-11-7-14(8-12-26)18(27)16-5-3-4-9-22-16/h3-5,9,13-14,18,27H,6-8,10-12H2,1-2H3,(H,23,28). The van der Waals surface area contributed by atoms with Gasteiger partial charge in [-0.05, 0) is 37.3 Å². The number of aliphatic hydroxyl groups is 1. The monoisotopic (exact) mass is 381 g/mol. The van der Waals surface area contributed by atoms with E-state index in [0.717, 1.165) is 49.4 Å². The van der Waals surface area contributed by atoms with Crippen LogP contribution in [0.4, 0.5) is 5.82 Å². The van der Waals surface area contributed by atoms with Crippen LogP contribution in [0, 0.1) is 5.92 Å². The number of aliphatic hydroxyl groups excluding tert-OH is 1. The van der Waals surface area contributed by atoms with Crippen LogP contribution < -0.4 is 10.2 Å². The zero-order valence-electron chi connectivity index (χ0n) is 16.4. The number of amides is 1. The zero-order valence-corrected chi connectivity index (χ0v) is 16.4. The Morgan fingerprint density at radius 1 is 1.21 bits per heavy atom. The molecule has 148 valence electrons. The Morgan fingerprint density at radius 3 is 2.68 bits per heavy atom. The molecule has 4 rings (SSSR count). The molecule has 7 nitrogen and oxygen atoms in total. The maximum atomic E-state index is 12.3. The van der Waals surface area contributed by atoms with Crippen LogP contribution in [0.1, 0.15) is 66.3 Å². The fourth-order valence-electron chi connectivity index (χ4n) is 4.03. The third-order valence-electron chi connectivity index (χ3n) is 5.67. The number of anilines is 1. The molecule has 1 atom stereocenters. The molecule has 0 spiro atoms. The smallest absolute Gasteiger partial charge is 0.270 e. The minimum absolute atomic E-state index is 0.104. The van der Waals surface area contributed by atoms with E-state index in [4.69, 9.17) is 4.98 Å². The number of carbonyl (C=O) groups excluding carboxylic acids is 1. The zero-order chi connectivity index (χ0) is 19.7. The van der Waals surface area contributed by atoms with Crippen molar-refractivity contribution in [3.05, 3.63) is 47.2 Å². The van der Waals surface area contributed by atoms with Gasteiger partial charge in [-0.15, -0.1) is 0 Å². The molecule has 2 N–H and O–H groups in total.